The third-order valence-corrected chi connectivity index (χ3v) is 6.82. The van der Waals surface area contributed by atoms with Crippen molar-refractivity contribution in [3.05, 3.63) is 54.2 Å². The zero-order valence-corrected chi connectivity index (χ0v) is 19.5. The van der Waals surface area contributed by atoms with Crippen LogP contribution >= 0.6 is 0 Å². The number of hydrogen-bond acceptors (Lipinski definition) is 4. The number of para-hydroxylation sites is 1. The average Bonchev–Trinajstić information content (AvgIpc) is 3.43. The smallest absolute Gasteiger partial charge is 0.256 e. The standard InChI is InChI=1S/C25H31N5O3/c1-17(2)14-27-22(31)21-16-30-13-10-26-24(30)25(33-21)8-11-29(12-9-25)23(32)19-15-28(3)20-7-5-4-6-18(19)20/h4-7,10,13,15,17,21H,8-9,11-12,14,16H2,1-3H3,(H,27,31)/t21-/m0/s1. The third-order valence-electron chi connectivity index (χ3n) is 6.82. The Morgan fingerprint density at radius 1 is 1.24 bits per heavy atom. The highest BCUT2D eigenvalue weighted by molar-refractivity contribution is 6.07. The lowest BCUT2D eigenvalue weighted by atomic mass is 9.88. The van der Waals surface area contributed by atoms with E-state index in [2.05, 4.69) is 24.1 Å². The summed E-state index contributed by atoms with van der Waals surface area (Å²) in [5.74, 6) is 1.18. The number of piperidine rings is 1. The van der Waals surface area contributed by atoms with Crippen molar-refractivity contribution in [3.8, 4) is 0 Å². The lowest BCUT2D eigenvalue weighted by molar-refractivity contribution is -0.172. The van der Waals surface area contributed by atoms with Crippen molar-refractivity contribution < 1.29 is 14.3 Å². The summed E-state index contributed by atoms with van der Waals surface area (Å²) in [6.45, 7) is 6.32. The van der Waals surface area contributed by atoms with E-state index in [9.17, 15) is 9.59 Å². The summed E-state index contributed by atoms with van der Waals surface area (Å²) in [7, 11) is 1.96. The first-order valence-corrected chi connectivity index (χ1v) is 11.7. The highest BCUT2D eigenvalue weighted by atomic mass is 16.5. The topological polar surface area (TPSA) is 81.4 Å². The van der Waals surface area contributed by atoms with Crippen LogP contribution in [0.4, 0.5) is 0 Å². The van der Waals surface area contributed by atoms with Gasteiger partial charge in [0.05, 0.1) is 12.1 Å². The maximum atomic E-state index is 13.4. The van der Waals surface area contributed by atoms with Gasteiger partial charge in [-0.3, -0.25) is 9.59 Å². The largest absolute Gasteiger partial charge is 0.354 e. The molecule has 5 rings (SSSR count). The molecule has 1 N–H and O–H groups in total. The van der Waals surface area contributed by atoms with Gasteiger partial charge >= 0.3 is 0 Å². The minimum absolute atomic E-state index is 0.0343. The third kappa shape index (κ3) is 3.82. The number of rotatable bonds is 4. The number of hydrogen-bond donors (Lipinski definition) is 1. The molecular formula is C25H31N5O3. The summed E-state index contributed by atoms with van der Waals surface area (Å²) < 4.78 is 10.5. The van der Waals surface area contributed by atoms with Crippen molar-refractivity contribution >= 4 is 22.7 Å². The van der Waals surface area contributed by atoms with Crippen LogP contribution in [-0.2, 0) is 28.7 Å². The number of likely N-dealkylation sites (tertiary alicyclic amines) is 1. The number of carbonyl (C=O) groups excluding carboxylic acids is 2. The molecule has 0 unspecified atom stereocenters. The van der Waals surface area contributed by atoms with Gasteiger partial charge in [-0.1, -0.05) is 32.0 Å². The highest BCUT2D eigenvalue weighted by Gasteiger charge is 2.47. The molecule has 1 aromatic carbocycles. The Morgan fingerprint density at radius 3 is 2.76 bits per heavy atom. The lowest BCUT2D eigenvalue weighted by Crippen LogP contribution is -2.55. The Kier molecular flexibility index (Phi) is 5.48. The monoisotopic (exact) mass is 449 g/mol. The van der Waals surface area contributed by atoms with E-state index >= 15 is 0 Å². The molecule has 2 amide bonds. The maximum Gasteiger partial charge on any atom is 0.256 e. The summed E-state index contributed by atoms with van der Waals surface area (Å²) in [5, 5.41) is 3.97. The van der Waals surface area contributed by atoms with Gasteiger partial charge in [-0.25, -0.2) is 4.98 Å². The fraction of sp³-hybridized carbons (Fsp3) is 0.480. The fourth-order valence-corrected chi connectivity index (χ4v) is 5.05. The molecule has 1 saturated heterocycles. The number of carbonyl (C=O) groups is 2. The van der Waals surface area contributed by atoms with Gasteiger partial charge in [0, 0.05) is 69.0 Å². The molecule has 2 aromatic heterocycles. The normalized spacial score (nSPS) is 19.8. The zero-order chi connectivity index (χ0) is 23.2. The molecule has 0 bridgehead atoms. The number of ether oxygens (including phenoxy) is 1. The lowest BCUT2D eigenvalue weighted by Gasteiger charge is -2.45. The molecule has 2 aliphatic rings. The van der Waals surface area contributed by atoms with Crippen LogP contribution in [0.2, 0.25) is 0 Å². The second kappa shape index (κ2) is 8.33. The van der Waals surface area contributed by atoms with Crippen LogP contribution in [0.1, 0.15) is 42.9 Å². The number of aryl methyl sites for hydroxylation is 1. The Labute approximate surface area is 193 Å². The van der Waals surface area contributed by atoms with Crippen molar-refractivity contribution in [2.75, 3.05) is 19.6 Å². The summed E-state index contributed by atoms with van der Waals surface area (Å²) >= 11 is 0. The Bertz CT molecular complexity index is 1190. The highest BCUT2D eigenvalue weighted by Crippen LogP contribution is 2.40. The first-order valence-electron chi connectivity index (χ1n) is 11.7. The average molecular weight is 450 g/mol. The molecule has 0 saturated carbocycles. The van der Waals surface area contributed by atoms with Gasteiger partial charge < -0.3 is 24.1 Å². The van der Waals surface area contributed by atoms with Gasteiger partial charge in [-0.15, -0.1) is 0 Å². The van der Waals surface area contributed by atoms with E-state index in [4.69, 9.17) is 4.74 Å². The molecule has 33 heavy (non-hydrogen) atoms. The molecule has 0 radical (unpaired) electrons. The number of amides is 2. The van der Waals surface area contributed by atoms with Crippen molar-refractivity contribution in [2.45, 2.75) is 44.9 Å². The van der Waals surface area contributed by atoms with E-state index < -0.39 is 11.7 Å². The molecular weight excluding hydrogens is 418 g/mol. The van der Waals surface area contributed by atoms with Crippen LogP contribution in [0.3, 0.4) is 0 Å². The van der Waals surface area contributed by atoms with E-state index in [1.807, 2.05) is 57.7 Å². The fourth-order valence-electron chi connectivity index (χ4n) is 5.05. The van der Waals surface area contributed by atoms with E-state index in [0.717, 1.165) is 22.3 Å². The number of nitrogens with zero attached hydrogens (tertiary/aromatic N) is 4. The van der Waals surface area contributed by atoms with Crippen LogP contribution in [0.25, 0.3) is 10.9 Å². The first kappa shape index (κ1) is 21.7. The number of aromatic nitrogens is 3. The molecule has 1 atom stereocenters. The van der Waals surface area contributed by atoms with Crippen LogP contribution in [-0.4, -0.2) is 56.6 Å². The van der Waals surface area contributed by atoms with E-state index in [1.165, 1.54) is 0 Å². The van der Waals surface area contributed by atoms with Crippen LogP contribution in [0.5, 0.6) is 0 Å². The van der Waals surface area contributed by atoms with Crippen molar-refractivity contribution in [1.29, 1.82) is 0 Å². The molecule has 174 valence electrons. The summed E-state index contributed by atoms with van der Waals surface area (Å²) in [6.07, 6.45) is 6.24. The van der Waals surface area contributed by atoms with Gasteiger partial charge in [-0.05, 0) is 12.0 Å². The number of fused-ring (bicyclic) bond motifs is 3. The Balaban J connectivity index is 1.34. The molecule has 0 aliphatic carbocycles. The maximum absolute atomic E-state index is 13.4. The van der Waals surface area contributed by atoms with Gasteiger partial charge in [0.15, 0.2) is 6.10 Å². The second-order valence-electron chi connectivity index (χ2n) is 9.61. The minimum atomic E-state index is -0.656. The molecule has 8 heteroatoms. The van der Waals surface area contributed by atoms with Gasteiger partial charge in [0.1, 0.15) is 11.4 Å². The second-order valence-corrected chi connectivity index (χ2v) is 9.61. The summed E-state index contributed by atoms with van der Waals surface area (Å²) in [4.78, 5) is 32.7. The quantitative estimate of drug-likeness (QED) is 0.664. The Morgan fingerprint density at radius 2 is 2.00 bits per heavy atom. The summed E-state index contributed by atoms with van der Waals surface area (Å²) in [6, 6.07) is 7.97. The van der Waals surface area contributed by atoms with E-state index in [0.29, 0.717) is 44.9 Å². The van der Waals surface area contributed by atoms with Crippen LogP contribution < -0.4 is 5.32 Å². The van der Waals surface area contributed by atoms with Crippen LogP contribution in [0.15, 0.2) is 42.9 Å². The predicted octanol–water partition coefficient (Wildman–Crippen LogP) is 2.68. The van der Waals surface area contributed by atoms with Crippen molar-refractivity contribution in [1.82, 2.24) is 24.3 Å². The SMILES string of the molecule is CC(C)CNC(=O)[C@@H]1Cn2ccnc2C2(CCN(C(=O)c3cn(C)c4ccccc34)CC2)O1. The first-order chi connectivity index (χ1) is 15.9. The molecule has 3 aromatic rings. The predicted molar refractivity (Wildman–Crippen MR) is 125 cm³/mol. The van der Waals surface area contributed by atoms with E-state index in [1.54, 1.807) is 6.20 Å². The number of benzene rings is 1. The van der Waals surface area contributed by atoms with Crippen LogP contribution in [0, 0.1) is 5.92 Å². The summed E-state index contributed by atoms with van der Waals surface area (Å²) in [5.41, 5.74) is 1.11. The zero-order valence-electron chi connectivity index (χ0n) is 19.5. The Hall–Kier alpha value is -3.13. The molecule has 4 heterocycles. The number of nitrogens with one attached hydrogen (secondary N) is 1. The number of imidazole rings is 1. The van der Waals surface area contributed by atoms with Gasteiger partial charge in [0.2, 0.25) is 0 Å². The minimum Gasteiger partial charge on any atom is -0.354 e. The molecule has 1 fully saturated rings. The van der Waals surface area contributed by atoms with E-state index in [-0.39, 0.29) is 11.8 Å². The molecule has 1 spiro atoms. The van der Waals surface area contributed by atoms with Crippen molar-refractivity contribution in [3.63, 3.8) is 0 Å². The van der Waals surface area contributed by atoms with Gasteiger partial charge in [-0.2, -0.15) is 0 Å². The molecule has 8 nitrogen and oxygen atoms in total. The van der Waals surface area contributed by atoms with Crippen molar-refractivity contribution in [2.24, 2.45) is 13.0 Å². The van der Waals surface area contributed by atoms with Gasteiger partial charge in [0.25, 0.3) is 11.8 Å². The molecule has 2 aliphatic heterocycles.